The van der Waals surface area contributed by atoms with Crippen LogP contribution in [-0.4, -0.2) is 30.6 Å². The number of anilines is 1. The van der Waals surface area contributed by atoms with Crippen LogP contribution in [-0.2, 0) is 21.4 Å². The van der Waals surface area contributed by atoms with Crippen molar-refractivity contribution in [2.24, 2.45) is 0 Å². The van der Waals surface area contributed by atoms with Crippen LogP contribution in [0.3, 0.4) is 0 Å². The average molecular weight is 371 g/mol. The van der Waals surface area contributed by atoms with Crippen LogP contribution in [0.1, 0.15) is 21.7 Å². The van der Waals surface area contributed by atoms with E-state index in [1.807, 2.05) is 24.3 Å². The molecule has 0 amide bonds. The normalized spacial score (nSPS) is 11.3. The van der Waals surface area contributed by atoms with Gasteiger partial charge in [0.25, 0.3) is 0 Å². The molecule has 2 aromatic carbocycles. The van der Waals surface area contributed by atoms with Crippen LogP contribution in [0, 0.1) is 6.92 Å². The number of fused-ring (bicyclic) bond motifs is 1. The third-order valence-corrected chi connectivity index (χ3v) is 4.22. The zero-order valence-electron chi connectivity index (χ0n) is 14.3. The van der Waals surface area contributed by atoms with Gasteiger partial charge in [-0.25, -0.2) is 23.2 Å². The number of hydrogen-bond donors (Lipinski definition) is 1. The van der Waals surface area contributed by atoms with E-state index >= 15 is 0 Å². The number of para-hydroxylation sites is 3. The Balaban J connectivity index is 1.81. The molecule has 1 aromatic heterocycles. The summed E-state index contributed by atoms with van der Waals surface area (Å²) < 4.78 is 30.5. The van der Waals surface area contributed by atoms with Crippen molar-refractivity contribution in [2.75, 3.05) is 11.0 Å². The van der Waals surface area contributed by atoms with Crippen LogP contribution in [0.15, 0.2) is 48.5 Å². The minimum absolute atomic E-state index is 0.0598. The number of ether oxygens (including phenoxy) is 1. The van der Waals surface area contributed by atoms with Crippen molar-refractivity contribution < 1.29 is 17.9 Å². The predicted octanol–water partition coefficient (Wildman–Crippen LogP) is 2.67. The Hall–Kier alpha value is -3.00. The molecule has 8 heteroatoms. The first-order valence-electron chi connectivity index (χ1n) is 7.80. The van der Waals surface area contributed by atoms with Crippen LogP contribution < -0.4 is 4.72 Å². The average Bonchev–Trinajstić information content (AvgIpc) is 2.58. The monoisotopic (exact) mass is 371 g/mol. The van der Waals surface area contributed by atoms with Gasteiger partial charge in [0.2, 0.25) is 10.0 Å². The number of rotatable bonds is 5. The molecule has 1 N–H and O–H groups in total. The molecule has 0 fully saturated rings. The van der Waals surface area contributed by atoms with E-state index in [0.717, 1.165) is 11.8 Å². The summed E-state index contributed by atoms with van der Waals surface area (Å²) in [7, 11) is -3.51. The van der Waals surface area contributed by atoms with Crippen molar-refractivity contribution in [3.05, 3.63) is 65.5 Å². The Morgan fingerprint density at radius 3 is 2.35 bits per heavy atom. The number of hydrogen-bond acceptors (Lipinski definition) is 6. The highest BCUT2D eigenvalue weighted by atomic mass is 32.2. The number of benzene rings is 2. The van der Waals surface area contributed by atoms with Crippen LogP contribution in [0.5, 0.6) is 0 Å². The van der Waals surface area contributed by atoms with Crippen LogP contribution in [0.25, 0.3) is 11.0 Å². The lowest BCUT2D eigenvalue weighted by Crippen LogP contribution is -2.15. The summed E-state index contributed by atoms with van der Waals surface area (Å²) in [5, 5.41) is 0. The van der Waals surface area contributed by atoms with Gasteiger partial charge >= 0.3 is 5.97 Å². The number of carbonyl (C=O) groups excluding carboxylic acids is 1. The first-order valence-corrected chi connectivity index (χ1v) is 9.69. The summed E-state index contributed by atoms with van der Waals surface area (Å²) in [5.74, 6) is -0.647. The molecule has 0 aliphatic heterocycles. The predicted molar refractivity (Wildman–Crippen MR) is 98.3 cm³/mol. The quantitative estimate of drug-likeness (QED) is 0.693. The molecule has 7 nitrogen and oxygen atoms in total. The highest BCUT2D eigenvalue weighted by Gasteiger charge is 2.16. The standard InChI is InChI=1S/C18H17N3O4S/c1-12-17(20-16-10-6-5-9-15(16)19-12)11-25-18(22)13-7-3-4-8-14(13)21-26(2,23)24/h3-10,21H,11H2,1-2H3. The molecule has 0 unspecified atom stereocenters. The summed E-state index contributed by atoms with van der Waals surface area (Å²) in [4.78, 5) is 21.3. The van der Waals surface area contributed by atoms with Crippen LogP contribution in [0.2, 0.25) is 0 Å². The maximum absolute atomic E-state index is 12.4. The Kier molecular flexibility index (Phi) is 4.85. The van der Waals surface area contributed by atoms with Crippen LogP contribution >= 0.6 is 0 Å². The number of nitrogens with zero attached hydrogens (tertiary/aromatic N) is 2. The van der Waals surface area contributed by atoms with Gasteiger partial charge in [0.1, 0.15) is 6.61 Å². The van der Waals surface area contributed by atoms with Gasteiger partial charge < -0.3 is 4.74 Å². The van der Waals surface area contributed by atoms with Gasteiger partial charge in [-0.15, -0.1) is 0 Å². The zero-order chi connectivity index (χ0) is 18.7. The third kappa shape index (κ3) is 4.15. The van der Waals surface area contributed by atoms with Gasteiger partial charge in [0, 0.05) is 0 Å². The molecular weight excluding hydrogens is 354 g/mol. The van der Waals surface area contributed by atoms with Crippen LogP contribution in [0.4, 0.5) is 5.69 Å². The lowest BCUT2D eigenvalue weighted by Gasteiger charge is -2.11. The minimum atomic E-state index is -3.51. The van der Waals surface area contributed by atoms with Crippen molar-refractivity contribution in [3.63, 3.8) is 0 Å². The molecule has 0 radical (unpaired) electrons. The van der Waals surface area contributed by atoms with E-state index in [0.29, 0.717) is 16.9 Å². The summed E-state index contributed by atoms with van der Waals surface area (Å²) in [5.41, 5.74) is 2.99. The van der Waals surface area contributed by atoms with E-state index < -0.39 is 16.0 Å². The van der Waals surface area contributed by atoms with Gasteiger partial charge in [-0.05, 0) is 31.2 Å². The fraction of sp³-hybridized carbons (Fsp3) is 0.167. The van der Waals surface area contributed by atoms with E-state index in [4.69, 9.17) is 4.74 Å². The minimum Gasteiger partial charge on any atom is -0.455 e. The van der Waals surface area contributed by atoms with Gasteiger partial charge in [0.15, 0.2) is 0 Å². The Bertz CT molecular complexity index is 1080. The van der Waals surface area contributed by atoms with E-state index in [2.05, 4.69) is 14.7 Å². The topological polar surface area (TPSA) is 98.2 Å². The molecule has 0 spiro atoms. The Morgan fingerprint density at radius 1 is 1.04 bits per heavy atom. The molecular formula is C18H17N3O4S. The maximum atomic E-state index is 12.4. The van der Waals surface area contributed by atoms with E-state index in [1.165, 1.54) is 12.1 Å². The maximum Gasteiger partial charge on any atom is 0.340 e. The fourth-order valence-corrected chi connectivity index (χ4v) is 3.00. The molecule has 0 atom stereocenters. The zero-order valence-corrected chi connectivity index (χ0v) is 15.1. The number of sulfonamides is 1. The molecule has 0 bridgehead atoms. The number of carbonyl (C=O) groups is 1. The molecule has 3 rings (SSSR count). The summed E-state index contributed by atoms with van der Waals surface area (Å²) in [6.45, 7) is 1.73. The van der Waals surface area contributed by atoms with E-state index in [9.17, 15) is 13.2 Å². The summed E-state index contributed by atoms with van der Waals surface area (Å²) in [6.07, 6.45) is 1.02. The molecule has 134 valence electrons. The second kappa shape index (κ2) is 7.09. The molecule has 3 aromatic rings. The fourth-order valence-electron chi connectivity index (χ4n) is 2.42. The number of nitrogens with one attached hydrogen (secondary N) is 1. The Morgan fingerprint density at radius 2 is 1.65 bits per heavy atom. The van der Waals surface area contributed by atoms with Gasteiger partial charge in [-0.3, -0.25) is 4.72 Å². The number of aryl methyl sites for hydroxylation is 1. The summed E-state index contributed by atoms with van der Waals surface area (Å²) in [6, 6.07) is 13.7. The smallest absolute Gasteiger partial charge is 0.340 e. The molecule has 0 aliphatic rings. The third-order valence-electron chi connectivity index (χ3n) is 3.63. The van der Waals surface area contributed by atoms with E-state index in [1.54, 1.807) is 19.1 Å². The Labute approximate surface area is 151 Å². The van der Waals surface area contributed by atoms with Crippen molar-refractivity contribution >= 4 is 32.7 Å². The first-order chi connectivity index (χ1) is 12.3. The highest BCUT2D eigenvalue weighted by Crippen LogP contribution is 2.19. The van der Waals surface area contributed by atoms with Gasteiger partial charge in [0.05, 0.1) is 39.9 Å². The molecule has 0 aliphatic carbocycles. The molecule has 1 heterocycles. The highest BCUT2D eigenvalue weighted by molar-refractivity contribution is 7.92. The second-order valence-corrected chi connectivity index (χ2v) is 7.49. The lowest BCUT2D eigenvalue weighted by molar-refractivity contribution is 0.0468. The number of aromatic nitrogens is 2. The first kappa shape index (κ1) is 17.8. The van der Waals surface area contributed by atoms with Crippen molar-refractivity contribution in [1.82, 2.24) is 9.97 Å². The molecule has 26 heavy (non-hydrogen) atoms. The molecule has 0 saturated carbocycles. The van der Waals surface area contributed by atoms with Crippen molar-refractivity contribution in [1.29, 1.82) is 0 Å². The summed E-state index contributed by atoms with van der Waals surface area (Å²) >= 11 is 0. The van der Waals surface area contributed by atoms with Gasteiger partial charge in [-0.1, -0.05) is 24.3 Å². The lowest BCUT2D eigenvalue weighted by atomic mass is 10.2. The molecule has 0 saturated heterocycles. The van der Waals surface area contributed by atoms with E-state index in [-0.39, 0.29) is 17.9 Å². The SMILES string of the molecule is Cc1nc2ccccc2nc1COC(=O)c1ccccc1NS(C)(=O)=O. The van der Waals surface area contributed by atoms with Gasteiger partial charge in [-0.2, -0.15) is 0 Å². The van der Waals surface area contributed by atoms with Crippen molar-refractivity contribution in [3.8, 4) is 0 Å². The number of esters is 1. The van der Waals surface area contributed by atoms with Crippen molar-refractivity contribution in [2.45, 2.75) is 13.5 Å². The largest absolute Gasteiger partial charge is 0.455 e. The second-order valence-electron chi connectivity index (χ2n) is 5.74.